The van der Waals surface area contributed by atoms with Crippen molar-refractivity contribution in [3.63, 3.8) is 0 Å². The van der Waals surface area contributed by atoms with Gasteiger partial charge in [0.2, 0.25) is 5.43 Å². The molecular formula is C30H38O7. The summed E-state index contributed by atoms with van der Waals surface area (Å²) in [4.78, 5) is 14.0. The second-order valence-corrected chi connectivity index (χ2v) is 9.51. The largest absolute Gasteiger partial charge is 0.507 e. The van der Waals surface area contributed by atoms with Crippen LogP contribution >= 0.6 is 0 Å². The lowest BCUT2D eigenvalue weighted by atomic mass is 9.96. The summed E-state index contributed by atoms with van der Waals surface area (Å²) in [6.45, 7) is 11.4. The Bertz CT molecular complexity index is 1370. The maximum atomic E-state index is 14.0. The number of benzene rings is 2. The molecule has 1 heterocycles. The Kier molecular flexibility index (Phi) is 9.78. The fourth-order valence-corrected chi connectivity index (χ4v) is 4.13. The van der Waals surface area contributed by atoms with Gasteiger partial charge in [0.05, 0.1) is 18.6 Å². The summed E-state index contributed by atoms with van der Waals surface area (Å²) in [5, 5.41) is 12.0. The van der Waals surface area contributed by atoms with Gasteiger partial charge in [0, 0.05) is 31.9 Å². The average molecular weight is 511 g/mol. The van der Waals surface area contributed by atoms with Crippen LogP contribution in [-0.4, -0.2) is 45.8 Å². The van der Waals surface area contributed by atoms with Crippen molar-refractivity contribution in [1.29, 1.82) is 0 Å². The molecule has 1 N–H and O–H groups in total. The number of phenolic OH excluding ortho intramolecular Hbond substituents is 1. The molecule has 0 aliphatic carbocycles. The molecule has 0 atom stereocenters. The zero-order valence-electron chi connectivity index (χ0n) is 22.9. The van der Waals surface area contributed by atoms with Gasteiger partial charge in [-0.25, -0.2) is 0 Å². The van der Waals surface area contributed by atoms with Crippen LogP contribution in [-0.2, 0) is 22.3 Å². The van der Waals surface area contributed by atoms with E-state index in [0.29, 0.717) is 67.3 Å². The van der Waals surface area contributed by atoms with E-state index in [1.165, 1.54) is 0 Å². The Hall–Kier alpha value is -3.29. The van der Waals surface area contributed by atoms with Crippen molar-refractivity contribution >= 4 is 21.9 Å². The first-order valence-electron chi connectivity index (χ1n) is 12.5. The van der Waals surface area contributed by atoms with Crippen molar-refractivity contribution in [3.8, 4) is 17.2 Å². The van der Waals surface area contributed by atoms with Crippen molar-refractivity contribution in [2.75, 3.05) is 40.6 Å². The molecule has 0 spiro atoms. The van der Waals surface area contributed by atoms with E-state index < -0.39 is 0 Å². The summed E-state index contributed by atoms with van der Waals surface area (Å²) >= 11 is 0. The highest BCUT2D eigenvalue weighted by Crippen LogP contribution is 2.39. The van der Waals surface area contributed by atoms with E-state index in [4.69, 9.17) is 23.4 Å². The van der Waals surface area contributed by atoms with E-state index in [-0.39, 0.29) is 22.1 Å². The minimum atomic E-state index is -0.278. The molecule has 0 radical (unpaired) electrons. The van der Waals surface area contributed by atoms with Gasteiger partial charge in [0.1, 0.15) is 47.0 Å². The van der Waals surface area contributed by atoms with Gasteiger partial charge >= 0.3 is 0 Å². The fraction of sp³-hybridized carbons (Fsp3) is 0.433. The first-order chi connectivity index (χ1) is 17.7. The van der Waals surface area contributed by atoms with Crippen molar-refractivity contribution in [3.05, 3.63) is 62.3 Å². The quantitative estimate of drug-likeness (QED) is 0.181. The molecule has 0 aliphatic heterocycles. The van der Waals surface area contributed by atoms with Crippen molar-refractivity contribution in [2.24, 2.45) is 0 Å². The lowest BCUT2D eigenvalue weighted by Crippen LogP contribution is -2.11. The van der Waals surface area contributed by atoms with E-state index in [2.05, 4.69) is 6.08 Å². The molecule has 2 aromatic carbocycles. The number of ether oxygens (including phenoxy) is 4. The second-order valence-electron chi connectivity index (χ2n) is 9.51. The third-order valence-electron chi connectivity index (χ3n) is 6.15. The predicted molar refractivity (Wildman–Crippen MR) is 147 cm³/mol. The zero-order chi connectivity index (χ0) is 27.1. The van der Waals surface area contributed by atoms with Crippen LogP contribution in [0.15, 0.2) is 44.6 Å². The molecule has 200 valence electrons. The summed E-state index contributed by atoms with van der Waals surface area (Å²) in [5.41, 5.74) is 4.80. The van der Waals surface area contributed by atoms with E-state index >= 15 is 0 Å². The molecule has 0 unspecified atom stereocenters. The molecule has 0 amide bonds. The van der Waals surface area contributed by atoms with Crippen LogP contribution in [0.2, 0.25) is 0 Å². The number of rotatable bonds is 12. The van der Waals surface area contributed by atoms with Crippen LogP contribution in [0.25, 0.3) is 21.9 Å². The number of aromatic hydroxyl groups is 1. The van der Waals surface area contributed by atoms with Crippen LogP contribution in [0.3, 0.4) is 0 Å². The van der Waals surface area contributed by atoms with Gasteiger partial charge in [0.15, 0.2) is 0 Å². The monoisotopic (exact) mass is 510 g/mol. The first kappa shape index (κ1) is 28.3. The Morgan fingerprint density at radius 3 is 1.89 bits per heavy atom. The zero-order valence-corrected chi connectivity index (χ0v) is 22.9. The smallest absolute Gasteiger partial charge is 0.204 e. The second kappa shape index (κ2) is 12.8. The maximum absolute atomic E-state index is 14.0. The topological polar surface area (TPSA) is 87.4 Å². The van der Waals surface area contributed by atoms with Gasteiger partial charge in [-0.1, -0.05) is 23.3 Å². The van der Waals surface area contributed by atoms with Crippen molar-refractivity contribution < 1.29 is 28.5 Å². The van der Waals surface area contributed by atoms with Crippen molar-refractivity contribution in [2.45, 2.75) is 47.5 Å². The summed E-state index contributed by atoms with van der Waals surface area (Å²) in [6.07, 6.45) is 5.00. The van der Waals surface area contributed by atoms with Crippen LogP contribution in [0.5, 0.6) is 17.2 Å². The molecule has 0 saturated heterocycles. The highest BCUT2D eigenvalue weighted by atomic mass is 16.5. The molecule has 0 aliphatic rings. The lowest BCUT2D eigenvalue weighted by molar-refractivity contribution is 0.145. The molecule has 7 heteroatoms. The molecule has 1 aromatic heterocycles. The first-order valence-corrected chi connectivity index (χ1v) is 12.5. The SMILES string of the molecule is COCCOc1cc2oc3cc(OCCOC)c(CC=C(C)C)c(O)c3c(=O)c2c(CC=C(C)C)c1C. The van der Waals surface area contributed by atoms with E-state index in [0.717, 1.165) is 22.3 Å². The summed E-state index contributed by atoms with van der Waals surface area (Å²) in [7, 11) is 3.21. The van der Waals surface area contributed by atoms with Gasteiger partial charge in [-0.15, -0.1) is 0 Å². The molecule has 3 aromatic rings. The Morgan fingerprint density at radius 1 is 0.811 bits per heavy atom. The number of hydrogen-bond donors (Lipinski definition) is 1. The van der Waals surface area contributed by atoms with E-state index in [1.807, 2.05) is 40.7 Å². The Balaban J connectivity index is 2.34. The number of hydrogen-bond acceptors (Lipinski definition) is 7. The molecule has 7 nitrogen and oxygen atoms in total. The third kappa shape index (κ3) is 6.53. The van der Waals surface area contributed by atoms with Gasteiger partial charge in [-0.2, -0.15) is 0 Å². The normalized spacial score (nSPS) is 11.1. The minimum Gasteiger partial charge on any atom is -0.507 e. The number of phenols is 1. The Morgan fingerprint density at radius 2 is 1.32 bits per heavy atom. The average Bonchev–Trinajstić information content (AvgIpc) is 2.83. The molecule has 0 fully saturated rings. The fourth-order valence-electron chi connectivity index (χ4n) is 4.13. The van der Waals surface area contributed by atoms with Crippen molar-refractivity contribution in [1.82, 2.24) is 0 Å². The highest BCUT2D eigenvalue weighted by Gasteiger charge is 2.22. The van der Waals surface area contributed by atoms with Gasteiger partial charge in [-0.05, 0) is 58.6 Å². The summed E-state index contributed by atoms with van der Waals surface area (Å²) in [5.74, 6) is 0.963. The highest BCUT2D eigenvalue weighted by molar-refractivity contribution is 5.97. The number of methoxy groups -OCH3 is 2. The standard InChI is InChI=1S/C30H38O7/c1-18(2)8-10-21-20(5)23(35-14-12-33-6)16-25-27(21)30(32)28-26(37-25)17-24(36-15-13-34-7)22(29(28)31)11-9-19(3)4/h8-9,16-17,31H,10-15H2,1-7H3. The molecule has 0 saturated carbocycles. The van der Waals surface area contributed by atoms with Gasteiger partial charge in [-0.3, -0.25) is 4.79 Å². The minimum absolute atomic E-state index is 0.121. The van der Waals surface area contributed by atoms with Crippen LogP contribution in [0, 0.1) is 6.92 Å². The van der Waals surface area contributed by atoms with Crippen LogP contribution in [0.4, 0.5) is 0 Å². The lowest BCUT2D eigenvalue weighted by Gasteiger charge is -2.17. The number of fused-ring (bicyclic) bond motifs is 2. The maximum Gasteiger partial charge on any atom is 0.204 e. The van der Waals surface area contributed by atoms with Gasteiger partial charge in [0.25, 0.3) is 0 Å². The third-order valence-corrected chi connectivity index (χ3v) is 6.15. The van der Waals surface area contributed by atoms with Crippen LogP contribution in [0.1, 0.15) is 44.4 Å². The molecular weight excluding hydrogens is 472 g/mol. The number of allylic oxidation sites excluding steroid dienone is 4. The van der Waals surface area contributed by atoms with Gasteiger partial charge < -0.3 is 28.5 Å². The van der Waals surface area contributed by atoms with Crippen LogP contribution < -0.4 is 14.9 Å². The summed E-state index contributed by atoms with van der Waals surface area (Å²) in [6, 6.07) is 3.42. The Labute approximate surface area is 218 Å². The summed E-state index contributed by atoms with van der Waals surface area (Å²) < 4.78 is 28.4. The van der Waals surface area contributed by atoms with E-state index in [1.54, 1.807) is 26.4 Å². The molecule has 37 heavy (non-hydrogen) atoms. The molecule has 0 bridgehead atoms. The predicted octanol–water partition coefficient (Wildman–Crippen LogP) is 6.03. The van der Waals surface area contributed by atoms with E-state index in [9.17, 15) is 9.90 Å². The molecule has 3 rings (SSSR count).